The zero-order valence-corrected chi connectivity index (χ0v) is 27.0. The fraction of sp³-hybridized carbons (Fsp3) is 0.917. The highest BCUT2D eigenvalue weighted by atomic mass is 16.4. The van der Waals surface area contributed by atoms with E-state index >= 15 is 0 Å². The maximum absolute atomic E-state index is 10.3. The van der Waals surface area contributed by atoms with E-state index in [1.165, 1.54) is 154 Å². The second-order valence-corrected chi connectivity index (χ2v) is 12.2. The van der Waals surface area contributed by atoms with Crippen molar-refractivity contribution in [3.8, 4) is 0 Å². The summed E-state index contributed by atoms with van der Waals surface area (Å²) < 4.78 is 0. The molecule has 0 rings (SSSR count). The first kappa shape index (κ1) is 40.3. The van der Waals surface area contributed by atoms with Crippen LogP contribution in [0.25, 0.3) is 0 Å². The van der Waals surface area contributed by atoms with Crippen LogP contribution in [0.1, 0.15) is 201 Å². The molecule has 0 aromatic carbocycles. The average Bonchev–Trinajstić information content (AvgIpc) is 2.91. The van der Waals surface area contributed by atoms with Crippen LogP contribution in [0.4, 0.5) is 0 Å². The fourth-order valence-corrected chi connectivity index (χ4v) is 4.96. The summed E-state index contributed by atoms with van der Waals surface area (Å²) in [4.78, 5) is 10.3. The van der Waals surface area contributed by atoms with Crippen LogP contribution in [0.3, 0.4) is 0 Å². The molecule has 0 fully saturated rings. The molecule has 0 atom stereocenters. The van der Waals surface area contributed by atoms with Crippen molar-refractivity contribution in [3.05, 3.63) is 12.2 Å². The first-order chi connectivity index (χ1) is 19.0. The molecule has 0 spiro atoms. The van der Waals surface area contributed by atoms with Crippen molar-refractivity contribution >= 4 is 5.97 Å². The summed E-state index contributed by atoms with van der Waals surface area (Å²) >= 11 is 0. The largest absolute Gasteiger partial charge is 0.481 e. The minimum atomic E-state index is -0.664. The van der Waals surface area contributed by atoms with Crippen LogP contribution in [0, 0.1) is 5.92 Å². The van der Waals surface area contributed by atoms with Crippen LogP contribution in [-0.2, 0) is 4.79 Å². The van der Waals surface area contributed by atoms with Crippen LogP contribution in [0.2, 0.25) is 0 Å². The molecule has 0 saturated carbocycles. The summed E-state index contributed by atoms with van der Waals surface area (Å²) in [5.74, 6) is 0.222. The first-order valence-electron chi connectivity index (χ1n) is 17.5. The van der Waals surface area contributed by atoms with E-state index in [1.807, 2.05) is 0 Å². The number of unbranched alkanes of at least 4 members (excludes halogenated alkanes) is 23. The Morgan fingerprint density at radius 2 is 0.897 bits per heavy atom. The van der Waals surface area contributed by atoms with Gasteiger partial charge in [-0.25, -0.2) is 0 Å². The maximum atomic E-state index is 10.3. The molecule has 3 heteroatoms. The zero-order chi connectivity index (χ0) is 29.1. The van der Waals surface area contributed by atoms with E-state index < -0.39 is 5.97 Å². The van der Waals surface area contributed by atoms with Gasteiger partial charge < -0.3 is 10.2 Å². The molecule has 2 N–H and O–H groups in total. The minimum Gasteiger partial charge on any atom is -0.481 e. The number of allylic oxidation sites excluding steroid dienone is 2. The van der Waals surface area contributed by atoms with Crippen molar-refractivity contribution in [2.75, 3.05) is 6.61 Å². The third-order valence-electron chi connectivity index (χ3n) is 7.59. The smallest absolute Gasteiger partial charge is 0.303 e. The van der Waals surface area contributed by atoms with Crippen molar-refractivity contribution in [1.82, 2.24) is 0 Å². The van der Waals surface area contributed by atoms with Crippen molar-refractivity contribution in [3.63, 3.8) is 0 Å². The number of hydrogen-bond donors (Lipinski definition) is 2. The van der Waals surface area contributed by atoms with Gasteiger partial charge in [-0.1, -0.05) is 168 Å². The van der Waals surface area contributed by atoms with Gasteiger partial charge in [0, 0.05) is 13.0 Å². The van der Waals surface area contributed by atoms with Gasteiger partial charge in [-0.15, -0.1) is 0 Å². The fourth-order valence-electron chi connectivity index (χ4n) is 4.96. The summed E-state index contributed by atoms with van der Waals surface area (Å²) in [5.41, 5.74) is 0. The molecule has 3 nitrogen and oxygen atoms in total. The Bertz CT molecular complexity index is 472. The Balaban J connectivity index is 0. The molecule has 0 aliphatic heterocycles. The Labute approximate surface area is 246 Å². The number of aliphatic carboxylic acids is 1. The Hall–Kier alpha value is -0.830. The second-order valence-electron chi connectivity index (χ2n) is 12.2. The Morgan fingerprint density at radius 1 is 0.538 bits per heavy atom. The van der Waals surface area contributed by atoms with Gasteiger partial charge in [-0.05, 0) is 44.4 Å². The van der Waals surface area contributed by atoms with Crippen LogP contribution >= 0.6 is 0 Å². The van der Waals surface area contributed by atoms with Crippen LogP contribution < -0.4 is 0 Å². The Morgan fingerprint density at radius 3 is 1.28 bits per heavy atom. The molecular weight excluding hydrogens is 480 g/mol. The summed E-state index contributed by atoms with van der Waals surface area (Å²) in [6.45, 7) is 7.28. The minimum absolute atomic E-state index is 0.332. The van der Waals surface area contributed by atoms with E-state index in [0.29, 0.717) is 13.0 Å². The lowest BCUT2D eigenvalue weighted by Crippen LogP contribution is -1.93. The van der Waals surface area contributed by atoms with Gasteiger partial charge in [0.1, 0.15) is 0 Å². The predicted octanol–water partition coefficient (Wildman–Crippen LogP) is 12.2. The molecule has 0 amide bonds. The second kappa shape index (κ2) is 37.2. The number of aliphatic hydroxyl groups is 1. The van der Waals surface area contributed by atoms with Crippen molar-refractivity contribution in [2.24, 2.45) is 5.92 Å². The first-order valence-corrected chi connectivity index (χ1v) is 17.5. The molecule has 0 bridgehead atoms. The van der Waals surface area contributed by atoms with E-state index in [4.69, 9.17) is 10.2 Å². The van der Waals surface area contributed by atoms with Gasteiger partial charge in [0.2, 0.25) is 0 Å². The van der Waals surface area contributed by atoms with Gasteiger partial charge in [-0.3, -0.25) is 4.79 Å². The molecule has 0 unspecified atom stereocenters. The molecule has 0 aliphatic carbocycles. The third-order valence-corrected chi connectivity index (χ3v) is 7.59. The average molecular weight is 553 g/mol. The molecule has 234 valence electrons. The normalized spacial score (nSPS) is 11.3. The highest BCUT2D eigenvalue weighted by molar-refractivity contribution is 5.66. The molecular formula is C36H72O3. The monoisotopic (exact) mass is 553 g/mol. The number of carbonyl (C=O) groups is 1. The Kier molecular flexibility index (Phi) is 38.4. The van der Waals surface area contributed by atoms with Crippen LogP contribution in [0.5, 0.6) is 0 Å². The van der Waals surface area contributed by atoms with E-state index in [2.05, 4.69) is 32.9 Å². The highest BCUT2D eigenvalue weighted by Crippen LogP contribution is 2.14. The van der Waals surface area contributed by atoms with Gasteiger partial charge in [0.25, 0.3) is 0 Å². The number of carboxylic acids is 1. The van der Waals surface area contributed by atoms with Crippen LogP contribution in [0.15, 0.2) is 12.2 Å². The summed E-state index contributed by atoms with van der Waals surface area (Å²) in [6, 6.07) is 0. The van der Waals surface area contributed by atoms with Crippen molar-refractivity contribution < 1.29 is 15.0 Å². The summed E-state index contributed by atoms with van der Waals surface area (Å²) in [5, 5.41) is 17.2. The van der Waals surface area contributed by atoms with Crippen LogP contribution in [-0.4, -0.2) is 22.8 Å². The lowest BCUT2D eigenvalue weighted by Gasteiger charge is -2.04. The predicted molar refractivity (Wildman–Crippen MR) is 174 cm³/mol. The number of rotatable bonds is 30. The lowest BCUT2D eigenvalue weighted by molar-refractivity contribution is -0.137. The number of carboxylic acid groups (broad SMARTS) is 1. The molecule has 0 aliphatic rings. The topological polar surface area (TPSA) is 57.5 Å². The molecule has 0 aromatic rings. The summed E-state index contributed by atoms with van der Waals surface area (Å²) in [6.07, 6.45) is 40.5. The lowest BCUT2D eigenvalue weighted by atomic mass is 10.0. The van der Waals surface area contributed by atoms with E-state index in [0.717, 1.165) is 25.2 Å². The van der Waals surface area contributed by atoms with Gasteiger partial charge >= 0.3 is 5.97 Å². The third kappa shape index (κ3) is 44.4. The summed E-state index contributed by atoms with van der Waals surface area (Å²) in [7, 11) is 0. The molecule has 0 saturated heterocycles. The van der Waals surface area contributed by atoms with E-state index in [9.17, 15) is 4.79 Å². The van der Waals surface area contributed by atoms with E-state index in [-0.39, 0.29) is 0 Å². The molecule has 0 radical (unpaired) electrons. The van der Waals surface area contributed by atoms with Crippen molar-refractivity contribution in [1.29, 1.82) is 0 Å². The van der Waals surface area contributed by atoms with Gasteiger partial charge in [0.15, 0.2) is 0 Å². The standard InChI is InChI=1S/C18H34O2.C18H38O/c1-2-3-4-5-6-7-8-9-10-11-12-13-14-15-16-17-18(19)20;1-18(2)16-14-12-10-8-6-4-3-5-7-9-11-13-15-17-19/h9-10H,2-8,11-17H2,1H3,(H,19,20);18-19H,3-17H2,1-2H3/b10-9-;. The van der Waals surface area contributed by atoms with Gasteiger partial charge in [0.05, 0.1) is 0 Å². The highest BCUT2D eigenvalue weighted by Gasteiger charge is 1.97. The quantitative estimate of drug-likeness (QED) is 0.0688. The molecule has 39 heavy (non-hydrogen) atoms. The maximum Gasteiger partial charge on any atom is 0.303 e. The SMILES string of the molecule is CC(C)CCCCCCCCCCCCCCCO.CCCCCCCC/C=C\CCCCCCCC(=O)O. The zero-order valence-electron chi connectivity index (χ0n) is 27.0. The number of hydrogen-bond acceptors (Lipinski definition) is 2. The molecule has 0 aromatic heterocycles. The molecule has 0 heterocycles. The van der Waals surface area contributed by atoms with Gasteiger partial charge in [-0.2, -0.15) is 0 Å². The van der Waals surface area contributed by atoms with Crippen molar-refractivity contribution in [2.45, 2.75) is 201 Å². The number of aliphatic hydroxyl groups excluding tert-OH is 1. The van der Waals surface area contributed by atoms with E-state index in [1.54, 1.807) is 0 Å².